The van der Waals surface area contributed by atoms with Crippen molar-refractivity contribution in [3.8, 4) is 0 Å². The number of carbonyl (C=O) groups is 2. The van der Waals surface area contributed by atoms with E-state index in [0.29, 0.717) is 5.56 Å². The van der Waals surface area contributed by atoms with Crippen molar-refractivity contribution in [1.82, 2.24) is 0 Å². The first-order chi connectivity index (χ1) is 10.6. The SMILES string of the molecule is CC1(c2ccccc2)OC(=O)C(OCc2ccccc2)C1=O. The Morgan fingerprint density at radius 3 is 2.23 bits per heavy atom. The van der Waals surface area contributed by atoms with Gasteiger partial charge in [-0.1, -0.05) is 60.7 Å². The fourth-order valence-electron chi connectivity index (χ4n) is 2.52. The van der Waals surface area contributed by atoms with Gasteiger partial charge < -0.3 is 9.47 Å². The molecule has 3 rings (SSSR count). The van der Waals surface area contributed by atoms with Gasteiger partial charge in [-0.3, -0.25) is 4.79 Å². The monoisotopic (exact) mass is 296 g/mol. The summed E-state index contributed by atoms with van der Waals surface area (Å²) in [6.07, 6.45) is -1.18. The minimum Gasteiger partial charge on any atom is -0.444 e. The summed E-state index contributed by atoms with van der Waals surface area (Å²) < 4.78 is 10.8. The molecule has 0 spiro atoms. The molecule has 2 aromatic rings. The van der Waals surface area contributed by atoms with Crippen LogP contribution >= 0.6 is 0 Å². The van der Waals surface area contributed by atoms with Gasteiger partial charge in [-0.05, 0) is 12.5 Å². The Labute approximate surface area is 128 Å². The van der Waals surface area contributed by atoms with E-state index >= 15 is 0 Å². The molecule has 0 aliphatic carbocycles. The zero-order valence-electron chi connectivity index (χ0n) is 12.2. The largest absolute Gasteiger partial charge is 0.444 e. The van der Waals surface area contributed by atoms with Gasteiger partial charge in [-0.2, -0.15) is 0 Å². The molecule has 112 valence electrons. The van der Waals surface area contributed by atoms with Crippen LogP contribution in [0.25, 0.3) is 0 Å². The Hall–Kier alpha value is -2.46. The van der Waals surface area contributed by atoms with Crippen molar-refractivity contribution in [2.45, 2.75) is 25.2 Å². The van der Waals surface area contributed by atoms with Crippen LogP contribution in [0, 0.1) is 0 Å². The molecule has 2 unspecified atom stereocenters. The van der Waals surface area contributed by atoms with Gasteiger partial charge in [0.2, 0.25) is 11.9 Å². The van der Waals surface area contributed by atoms with Crippen LogP contribution in [-0.4, -0.2) is 17.9 Å². The maximum atomic E-state index is 12.6. The smallest absolute Gasteiger partial charge is 0.344 e. The van der Waals surface area contributed by atoms with E-state index in [4.69, 9.17) is 9.47 Å². The molecular formula is C18H16O4. The molecule has 1 fully saturated rings. The van der Waals surface area contributed by atoms with Crippen LogP contribution in [0.1, 0.15) is 18.1 Å². The van der Waals surface area contributed by atoms with Crippen molar-refractivity contribution >= 4 is 11.8 Å². The first kappa shape index (κ1) is 14.5. The third kappa shape index (κ3) is 2.53. The van der Waals surface area contributed by atoms with E-state index in [1.54, 1.807) is 31.2 Å². The molecule has 0 radical (unpaired) electrons. The van der Waals surface area contributed by atoms with Crippen molar-refractivity contribution in [1.29, 1.82) is 0 Å². The maximum Gasteiger partial charge on any atom is 0.344 e. The number of ketones is 1. The molecule has 1 heterocycles. The van der Waals surface area contributed by atoms with Gasteiger partial charge in [0, 0.05) is 5.56 Å². The predicted octanol–water partition coefficient (Wildman–Crippen LogP) is 2.61. The van der Waals surface area contributed by atoms with E-state index in [-0.39, 0.29) is 12.4 Å². The van der Waals surface area contributed by atoms with Crippen molar-refractivity contribution in [3.63, 3.8) is 0 Å². The highest BCUT2D eigenvalue weighted by molar-refractivity contribution is 6.11. The zero-order chi connectivity index (χ0) is 15.6. The standard InChI is InChI=1S/C18H16O4/c1-18(14-10-6-3-7-11-14)16(19)15(17(20)22-18)21-12-13-8-4-2-5-9-13/h2-11,15H,12H2,1H3. The van der Waals surface area contributed by atoms with Gasteiger partial charge in [-0.15, -0.1) is 0 Å². The van der Waals surface area contributed by atoms with Gasteiger partial charge in [0.1, 0.15) is 0 Å². The lowest BCUT2D eigenvalue weighted by Gasteiger charge is -2.20. The molecule has 1 saturated heterocycles. The minimum absolute atomic E-state index is 0.192. The first-order valence-electron chi connectivity index (χ1n) is 7.09. The number of Topliss-reactive ketones (excluding diaryl/α,β-unsaturated/α-hetero) is 1. The number of ether oxygens (including phenoxy) is 2. The summed E-state index contributed by atoms with van der Waals surface area (Å²) in [5.74, 6) is -0.994. The number of hydrogen-bond donors (Lipinski definition) is 0. The number of cyclic esters (lactones) is 1. The Kier molecular flexibility index (Phi) is 3.77. The van der Waals surface area contributed by atoms with Crippen LogP contribution in [-0.2, 0) is 31.3 Å². The second-order valence-corrected chi connectivity index (χ2v) is 5.36. The van der Waals surface area contributed by atoms with Crippen molar-refractivity contribution < 1.29 is 19.1 Å². The summed E-state index contributed by atoms with van der Waals surface area (Å²) in [6.45, 7) is 1.80. The fourth-order valence-corrected chi connectivity index (χ4v) is 2.52. The lowest BCUT2D eigenvalue weighted by molar-refractivity contribution is -0.155. The van der Waals surface area contributed by atoms with Crippen LogP contribution in [0.4, 0.5) is 0 Å². The maximum absolute atomic E-state index is 12.6. The highest BCUT2D eigenvalue weighted by Gasteiger charge is 2.54. The van der Waals surface area contributed by atoms with Gasteiger partial charge in [-0.25, -0.2) is 4.79 Å². The molecule has 4 nitrogen and oxygen atoms in total. The second kappa shape index (κ2) is 5.73. The van der Waals surface area contributed by atoms with E-state index < -0.39 is 17.7 Å². The number of carbonyl (C=O) groups excluding carboxylic acids is 2. The third-order valence-electron chi connectivity index (χ3n) is 3.81. The average molecular weight is 296 g/mol. The van der Waals surface area contributed by atoms with Gasteiger partial charge in [0.25, 0.3) is 0 Å². The Balaban J connectivity index is 1.77. The minimum atomic E-state index is -1.28. The molecule has 0 N–H and O–H groups in total. The van der Waals surface area contributed by atoms with Crippen LogP contribution in [0.3, 0.4) is 0 Å². The van der Waals surface area contributed by atoms with Gasteiger partial charge in [0.05, 0.1) is 6.61 Å². The molecule has 0 amide bonds. The molecule has 22 heavy (non-hydrogen) atoms. The number of esters is 1. The summed E-state index contributed by atoms with van der Waals surface area (Å²) in [6, 6.07) is 18.4. The molecule has 0 saturated carbocycles. The molecule has 2 atom stereocenters. The number of benzene rings is 2. The second-order valence-electron chi connectivity index (χ2n) is 5.36. The Morgan fingerprint density at radius 1 is 1.00 bits per heavy atom. The lowest BCUT2D eigenvalue weighted by atomic mass is 9.91. The zero-order valence-corrected chi connectivity index (χ0v) is 12.2. The van der Waals surface area contributed by atoms with E-state index in [0.717, 1.165) is 5.56 Å². The normalized spacial score (nSPS) is 24.3. The summed E-state index contributed by atoms with van der Waals surface area (Å²) in [7, 11) is 0. The lowest BCUT2D eigenvalue weighted by Crippen LogP contribution is -2.34. The van der Waals surface area contributed by atoms with E-state index in [1.165, 1.54) is 0 Å². The predicted molar refractivity (Wildman–Crippen MR) is 79.9 cm³/mol. The van der Waals surface area contributed by atoms with Crippen LogP contribution in [0.2, 0.25) is 0 Å². The van der Waals surface area contributed by atoms with Crippen LogP contribution in [0.5, 0.6) is 0 Å². The summed E-state index contributed by atoms with van der Waals surface area (Å²) in [5.41, 5.74) is 0.273. The van der Waals surface area contributed by atoms with E-state index in [9.17, 15) is 9.59 Å². The Bertz CT molecular complexity index is 681. The van der Waals surface area contributed by atoms with E-state index in [1.807, 2.05) is 36.4 Å². The van der Waals surface area contributed by atoms with Crippen molar-refractivity contribution in [2.75, 3.05) is 0 Å². The van der Waals surface area contributed by atoms with E-state index in [2.05, 4.69) is 0 Å². The summed E-state index contributed by atoms with van der Waals surface area (Å²) in [5, 5.41) is 0. The molecule has 1 aliphatic heterocycles. The van der Waals surface area contributed by atoms with Gasteiger partial charge in [0.15, 0.2) is 5.60 Å². The molecule has 0 bridgehead atoms. The Morgan fingerprint density at radius 2 is 1.59 bits per heavy atom. The molecule has 4 heteroatoms. The number of hydrogen-bond acceptors (Lipinski definition) is 4. The average Bonchev–Trinajstić information content (AvgIpc) is 2.78. The first-order valence-corrected chi connectivity index (χ1v) is 7.09. The van der Waals surface area contributed by atoms with Gasteiger partial charge >= 0.3 is 5.97 Å². The summed E-state index contributed by atoms with van der Waals surface area (Å²) in [4.78, 5) is 24.6. The number of rotatable bonds is 4. The highest BCUT2D eigenvalue weighted by Crippen LogP contribution is 2.34. The van der Waals surface area contributed by atoms with Crippen LogP contribution < -0.4 is 0 Å². The van der Waals surface area contributed by atoms with Crippen molar-refractivity contribution in [3.05, 3.63) is 71.8 Å². The molecular weight excluding hydrogens is 280 g/mol. The molecule has 0 aromatic heterocycles. The third-order valence-corrected chi connectivity index (χ3v) is 3.81. The summed E-state index contributed by atoms with van der Waals surface area (Å²) >= 11 is 0. The molecule has 2 aromatic carbocycles. The topological polar surface area (TPSA) is 52.6 Å². The quantitative estimate of drug-likeness (QED) is 0.643. The van der Waals surface area contributed by atoms with Crippen molar-refractivity contribution in [2.24, 2.45) is 0 Å². The molecule has 1 aliphatic rings. The van der Waals surface area contributed by atoms with Crippen LogP contribution in [0.15, 0.2) is 60.7 Å². The highest BCUT2D eigenvalue weighted by atomic mass is 16.6. The fraction of sp³-hybridized carbons (Fsp3) is 0.222.